The molecule has 1 aromatic carbocycles. The van der Waals surface area contributed by atoms with Crippen molar-refractivity contribution in [2.75, 3.05) is 0 Å². The van der Waals surface area contributed by atoms with Gasteiger partial charge in [-0.05, 0) is 87.7 Å². The van der Waals surface area contributed by atoms with Crippen molar-refractivity contribution in [2.24, 2.45) is 17.8 Å². The van der Waals surface area contributed by atoms with E-state index in [2.05, 4.69) is 40.5 Å². The molecule has 6 aliphatic rings. The Morgan fingerprint density at radius 1 is 1.00 bits per heavy atom. The summed E-state index contributed by atoms with van der Waals surface area (Å²) in [5, 5.41) is 14.9. The van der Waals surface area contributed by atoms with Gasteiger partial charge in [0, 0.05) is 28.3 Å². The van der Waals surface area contributed by atoms with Gasteiger partial charge in [-0.2, -0.15) is 0 Å². The number of nitrogens with zero attached hydrogens (tertiary/aromatic N) is 1. The molecule has 4 nitrogen and oxygen atoms in total. The molecule has 5 heteroatoms. The lowest BCUT2D eigenvalue weighted by Crippen LogP contribution is -2.63. The molecule has 0 aromatic heterocycles. The quantitative estimate of drug-likeness (QED) is 0.773. The Labute approximate surface area is 177 Å². The van der Waals surface area contributed by atoms with Crippen LogP contribution in [0, 0.1) is 17.8 Å². The summed E-state index contributed by atoms with van der Waals surface area (Å²) in [6.07, 6.45) is 9.73. The monoisotopic (exact) mass is 412 g/mol. The van der Waals surface area contributed by atoms with E-state index < -0.39 is 5.60 Å². The van der Waals surface area contributed by atoms with Gasteiger partial charge >= 0.3 is 6.03 Å². The molecule has 2 unspecified atom stereocenters. The summed E-state index contributed by atoms with van der Waals surface area (Å²) in [5.41, 5.74) is -0.427. The highest BCUT2D eigenvalue weighted by molar-refractivity contribution is 8.00. The summed E-state index contributed by atoms with van der Waals surface area (Å²) in [7, 11) is 0. The molecule has 1 aromatic rings. The fourth-order valence-corrected chi connectivity index (χ4v) is 9.02. The molecule has 2 N–H and O–H groups in total. The normalized spacial score (nSPS) is 44.9. The first-order chi connectivity index (χ1) is 14.1. The largest absolute Gasteiger partial charge is 0.390 e. The zero-order chi connectivity index (χ0) is 19.6. The standard InChI is InChI=1S/C24H32N2O2S/c27-23(25-22-16-8-15-9-17(22)14-24(28,12-15)13-16)26-18-6-7-19(26)11-21(10-18)29-20-4-2-1-3-5-20/h1-5,15-19,21-22,28H,6-14H2,(H,25,27)/t15?,16?,17?,18-,19+,21+,22-,24-. The van der Waals surface area contributed by atoms with Crippen LogP contribution in [0.25, 0.3) is 0 Å². The summed E-state index contributed by atoms with van der Waals surface area (Å²) in [4.78, 5) is 16.9. The highest BCUT2D eigenvalue weighted by Crippen LogP contribution is 2.55. The van der Waals surface area contributed by atoms with E-state index >= 15 is 0 Å². The van der Waals surface area contributed by atoms with Crippen LogP contribution >= 0.6 is 11.8 Å². The van der Waals surface area contributed by atoms with Gasteiger partial charge in [-0.15, -0.1) is 11.8 Å². The molecule has 0 radical (unpaired) electrons. The Bertz CT molecular complexity index is 756. The predicted octanol–water partition coefficient (Wildman–Crippen LogP) is 4.42. The van der Waals surface area contributed by atoms with Crippen LogP contribution in [-0.2, 0) is 0 Å². The number of benzene rings is 1. The van der Waals surface area contributed by atoms with Crippen molar-refractivity contribution < 1.29 is 9.90 Å². The van der Waals surface area contributed by atoms with E-state index in [9.17, 15) is 9.90 Å². The SMILES string of the molecule is O=C(N[C@H]1C2CC3CC1C[C@](O)(C3)C2)N1[C@@H]2CC[C@H]1C[C@@H](Sc1ccccc1)C2. The first-order valence-electron chi connectivity index (χ1n) is 11.6. The van der Waals surface area contributed by atoms with E-state index in [0.717, 1.165) is 44.9 Å². The van der Waals surface area contributed by atoms with Crippen molar-refractivity contribution in [1.29, 1.82) is 0 Å². The van der Waals surface area contributed by atoms with Gasteiger partial charge in [-0.1, -0.05) is 18.2 Å². The number of hydrogen-bond acceptors (Lipinski definition) is 3. The molecule has 2 saturated heterocycles. The first kappa shape index (κ1) is 18.6. The predicted molar refractivity (Wildman–Crippen MR) is 115 cm³/mol. The molecule has 2 heterocycles. The second-order valence-corrected chi connectivity index (χ2v) is 11.9. The number of nitrogens with one attached hydrogen (secondary N) is 1. The van der Waals surface area contributed by atoms with E-state index in [0.29, 0.717) is 35.1 Å². The van der Waals surface area contributed by atoms with Crippen molar-refractivity contribution in [1.82, 2.24) is 10.2 Å². The van der Waals surface area contributed by atoms with Gasteiger partial charge < -0.3 is 15.3 Å². The third kappa shape index (κ3) is 3.29. The summed E-state index contributed by atoms with van der Waals surface area (Å²) < 4.78 is 0. The Morgan fingerprint density at radius 2 is 1.66 bits per heavy atom. The van der Waals surface area contributed by atoms with Crippen LogP contribution in [0.1, 0.15) is 57.8 Å². The molecule has 4 aliphatic carbocycles. The third-order valence-electron chi connectivity index (χ3n) is 8.50. The Balaban J connectivity index is 1.11. The zero-order valence-electron chi connectivity index (χ0n) is 17.0. The Morgan fingerprint density at radius 3 is 2.28 bits per heavy atom. The van der Waals surface area contributed by atoms with Gasteiger partial charge in [-0.25, -0.2) is 4.79 Å². The van der Waals surface area contributed by atoms with Crippen molar-refractivity contribution in [3.63, 3.8) is 0 Å². The molecule has 0 spiro atoms. The maximum absolute atomic E-state index is 13.3. The second kappa shape index (κ2) is 6.91. The van der Waals surface area contributed by atoms with Crippen LogP contribution in [0.2, 0.25) is 0 Å². The molecule has 4 saturated carbocycles. The minimum atomic E-state index is -0.427. The lowest BCUT2D eigenvalue weighted by atomic mass is 9.52. The van der Waals surface area contributed by atoms with Gasteiger partial charge in [0.05, 0.1) is 5.60 Å². The number of amides is 2. The molecule has 29 heavy (non-hydrogen) atoms. The first-order valence-corrected chi connectivity index (χ1v) is 12.5. The number of hydrogen-bond donors (Lipinski definition) is 2. The molecule has 156 valence electrons. The van der Waals surface area contributed by atoms with Gasteiger partial charge in [0.15, 0.2) is 0 Å². The van der Waals surface area contributed by atoms with Crippen LogP contribution in [0.4, 0.5) is 4.79 Å². The van der Waals surface area contributed by atoms with Crippen LogP contribution in [-0.4, -0.2) is 45.0 Å². The maximum atomic E-state index is 13.3. The van der Waals surface area contributed by atoms with Gasteiger partial charge in [0.25, 0.3) is 0 Å². The average molecular weight is 413 g/mol. The van der Waals surface area contributed by atoms with Crippen LogP contribution in [0.3, 0.4) is 0 Å². The number of fused-ring (bicyclic) bond motifs is 2. The molecule has 7 rings (SSSR count). The molecular weight excluding hydrogens is 380 g/mol. The summed E-state index contributed by atoms with van der Waals surface area (Å²) in [6.45, 7) is 0. The van der Waals surface area contributed by atoms with Crippen molar-refractivity contribution in [3.8, 4) is 0 Å². The molecular formula is C24H32N2O2S. The number of carbonyl (C=O) groups excluding carboxylic acids is 1. The molecule has 5 atom stereocenters. The van der Waals surface area contributed by atoms with E-state index in [4.69, 9.17) is 0 Å². The van der Waals surface area contributed by atoms with E-state index in [1.807, 2.05) is 11.8 Å². The fourth-order valence-electron chi connectivity index (χ4n) is 7.68. The van der Waals surface area contributed by atoms with Crippen molar-refractivity contribution in [2.45, 2.75) is 91.7 Å². The van der Waals surface area contributed by atoms with Gasteiger partial charge in [0.1, 0.15) is 0 Å². The fraction of sp³-hybridized carbons (Fsp3) is 0.708. The third-order valence-corrected chi connectivity index (χ3v) is 9.76. The van der Waals surface area contributed by atoms with Crippen LogP contribution in [0.5, 0.6) is 0 Å². The second-order valence-electron chi connectivity index (χ2n) is 10.5. The summed E-state index contributed by atoms with van der Waals surface area (Å²) >= 11 is 1.99. The maximum Gasteiger partial charge on any atom is 0.318 e. The Hall–Kier alpha value is -1.20. The Kier molecular flexibility index (Phi) is 4.42. The summed E-state index contributed by atoms with van der Waals surface area (Å²) in [6, 6.07) is 12.0. The number of aliphatic hydroxyl groups is 1. The average Bonchev–Trinajstić information content (AvgIpc) is 2.95. The lowest BCUT2D eigenvalue weighted by Gasteiger charge is -2.58. The molecule has 6 fully saturated rings. The lowest BCUT2D eigenvalue weighted by molar-refractivity contribution is -0.137. The van der Waals surface area contributed by atoms with Crippen LogP contribution < -0.4 is 5.32 Å². The smallest absolute Gasteiger partial charge is 0.318 e. The number of rotatable bonds is 3. The van der Waals surface area contributed by atoms with E-state index in [1.54, 1.807) is 0 Å². The van der Waals surface area contributed by atoms with Gasteiger partial charge in [-0.3, -0.25) is 0 Å². The van der Waals surface area contributed by atoms with E-state index in [-0.39, 0.29) is 12.1 Å². The van der Waals surface area contributed by atoms with Crippen LogP contribution in [0.15, 0.2) is 35.2 Å². The highest BCUT2D eigenvalue weighted by atomic mass is 32.2. The molecule has 6 bridgehead atoms. The number of thioether (sulfide) groups is 1. The molecule has 2 aliphatic heterocycles. The molecule has 2 amide bonds. The highest BCUT2D eigenvalue weighted by Gasteiger charge is 2.55. The van der Waals surface area contributed by atoms with Gasteiger partial charge in [0.2, 0.25) is 0 Å². The number of piperidine rings is 1. The van der Waals surface area contributed by atoms with E-state index in [1.165, 1.54) is 17.7 Å². The van der Waals surface area contributed by atoms with Crippen molar-refractivity contribution >= 4 is 17.8 Å². The minimum absolute atomic E-state index is 0.185. The summed E-state index contributed by atoms with van der Waals surface area (Å²) in [5.74, 6) is 1.66. The van der Waals surface area contributed by atoms with Crippen molar-refractivity contribution in [3.05, 3.63) is 30.3 Å². The number of urea groups is 1. The minimum Gasteiger partial charge on any atom is -0.390 e. The number of carbonyl (C=O) groups is 1. The topological polar surface area (TPSA) is 52.6 Å². The zero-order valence-corrected chi connectivity index (χ0v) is 17.8.